The number of hydrogen-bond acceptors (Lipinski definition) is 5. The predicted octanol–water partition coefficient (Wildman–Crippen LogP) is -0.588. The zero-order valence-electron chi connectivity index (χ0n) is 12.3. The molecule has 0 amide bonds. The lowest BCUT2D eigenvalue weighted by Gasteiger charge is -2.30. The zero-order chi connectivity index (χ0) is 16.4. The van der Waals surface area contributed by atoms with Crippen LogP contribution in [0.5, 0.6) is 0 Å². The molecule has 4 atom stereocenters. The van der Waals surface area contributed by atoms with Crippen molar-refractivity contribution >= 4 is 23.1 Å². The Morgan fingerprint density at radius 1 is 1.23 bits per heavy atom. The minimum absolute atomic E-state index is 0.0499. The molecular weight excluding hydrogens is 288 g/mol. The van der Waals surface area contributed by atoms with Crippen molar-refractivity contribution in [3.05, 3.63) is 30.3 Å². The van der Waals surface area contributed by atoms with E-state index >= 15 is 0 Å². The first-order chi connectivity index (χ1) is 10.3. The summed E-state index contributed by atoms with van der Waals surface area (Å²) in [6.45, 7) is 1.29. The molecule has 0 saturated heterocycles. The SMILES string of the molecule is CC(O)[C@H](N=C1C(O)C(=[N+](C)c2ccccc2)C1O)C(=O)O. The van der Waals surface area contributed by atoms with E-state index in [1.165, 1.54) is 6.92 Å². The van der Waals surface area contributed by atoms with Gasteiger partial charge >= 0.3 is 5.97 Å². The number of aliphatic imine (C=N–C) groups is 1. The number of aliphatic hydroxyl groups is 3. The van der Waals surface area contributed by atoms with Gasteiger partial charge in [0.2, 0.25) is 11.4 Å². The monoisotopic (exact) mass is 307 g/mol. The number of aliphatic carboxylic acids is 1. The summed E-state index contributed by atoms with van der Waals surface area (Å²) in [5, 5.41) is 38.7. The summed E-state index contributed by atoms with van der Waals surface area (Å²) in [5.74, 6) is -1.31. The van der Waals surface area contributed by atoms with Crippen molar-refractivity contribution in [1.29, 1.82) is 0 Å². The fourth-order valence-corrected chi connectivity index (χ4v) is 2.34. The van der Waals surface area contributed by atoms with Crippen molar-refractivity contribution in [3.63, 3.8) is 0 Å². The molecule has 0 bridgehead atoms. The standard InChI is InChI=1S/C15H18N2O5/c1-8(18)10(15(21)22)16-11-13(19)12(14(11)20)17(2)9-6-4-3-5-7-9/h3-8,10,13-14,18-20H,1-2H3/p+1/t8?,10-,13?,14?/m0/s1. The maximum Gasteiger partial charge on any atom is 0.331 e. The molecule has 1 fully saturated rings. The van der Waals surface area contributed by atoms with Gasteiger partial charge in [-0.3, -0.25) is 4.99 Å². The van der Waals surface area contributed by atoms with Gasteiger partial charge in [-0.1, -0.05) is 18.2 Å². The first-order valence-corrected chi connectivity index (χ1v) is 6.84. The Kier molecular flexibility index (Phi) is 4.70. The molecule has 1 aromatic carbocycles. The van der Waals surface area contributed by atoms with Crippen molar-refractivity contribution < 1.29 is 29.8 Å². The van der Waals surface area contributed by atoms with Gasteiger partial charge in [0.1, 0.15) is 7.05 Å². The average molecular weight is 307 g/mol. The average Bonchev–Trinajstić information content (AvgIpc) is 2.47. The molecule has 2 rings (SSSR count). The Morgan fingerprint density at radius 2 is 1.77 bits per heavy atom. The molecule has 118 valence electrons. The lowest BCUT2D eigenvalue weighted by Crippen LogP contribution is -2.61. The lowest BCUT2D eigenvalue weighted by molar-refractivity contribution is -0.412. The van der Waals surface area contributed by atoms with Gasteiger partial charge in [-0.15, -0.1) is 0 Å². The minimum Gasteiger partial charge on any atom is -0.480 e. The van der Waals surface area contributed by atoms with Crippen LogP contribution in [0.15, 0.2) is 35.3 Å². The molecule has 22 heavy (non-hydrogen) atoms. The Morgan fingerprint density at radius 3 is 2.23 bits per heavy atom. The number of carboxylic acid groups (broad SMARTS) is 1. The van der Waals surface area contributed by atoms with Crippen molar-refractivity contribution in [2.45, 2.75) is 31.3 Å². The maximum atomic E-state index is 11.0. The molecule has 1 aromatic rings. The second-order valence-electron chi connectivity index (χ2n) is 5.20. The van der Waals surface area contributed by atoms with Crippen LogP contribution < -0.4 is 0 Å². The van der Waals surface area contributed by atoms with Gasteiger partial charge < -0.3 is 20.4 Å². The van der Waals surface area contributed by atoms with Crippen molar-refractivity contribution in [2.75, 3.05) is 7.05 Å². The fraction of sp³-hybridized carbons (Fsp3) is 0.400. The van der Waals surface area contributed by atoms with E-state index in [0.717, 1.165) is 5.69 Å². The molecule has 3 unspecified atom stereocenters. The molecule has 0 spiro atoms. The summed E-state index contributed by atoms with van der Waals surface area (Å²) in [5.41, 5.74) is 1.05. The molecular formula is C15H19N2O5+. The summed E-state index contributed by atoms with van der Waals surface area (Å²) in [4.78, 5) is 14.8. The number of para-hydroxylation sites is 1. The predicted molar refractivity (Wildman–Crippen MR) is 79.8 cm³/mol. The van der Waals surface area contributed by atoms with E-state index in [2.05, 4.69) is 4.99 Å². The Labute approximate surface area is 127 Å². The lowest BCUT2D eigenvalue weighted by atomic mass is 9.85. The van der Waals surface area contributed by atoms with Gasteiger partial charge in [-0.05, 0) is 6.92 Å². The topological polar surface area (TPSA) is 113 Å². The smallest absolute Gasteiger partial charge is 0.331 e. The van der Waals surface area contributed by atoms with Crippen LogP contribution in [0.4, 0.5) is 5.69 Å². The van der Waals surface area contributed by atoms with Gasteiger partial charge in [0.05, 0.1) is 11.8 Å². The second-order valence-corrected chi connectivity index (χ2v) is 5.20. The first kappa shape index (κ1) is 16.3. The van der Waals surface area contributed by atoms with Crippen molar-refractivity contribution in [1.82, 2.24) is 0 Å². The Balaban J connectivity index is 2.31. The maximum absolute atomic E-state index is 11.0. The van der Waals surface area contributed by atoms with Gasteiger partial charge in [0, 0.05) is 12.1 Å². The molecule has 1 saturated carbocycles. The summed E-state index contributed by atoms with van der Waals surface area (Å²) in [6, 6.07) is 7.72. The number of nitrogens with zero attached hydrogens (tertiary/aromatic N) is 2. The van der Waals surface area contributed by atoms with Gasteiger partial charge in [0.25, 0.3) is 0 Å². The first-order valence-electron chi connectivity index (χ1n) is 6.84. The van der Waals surface area contributed by atoms with Crippen LogP contribution in [0.1, 0.15) is 6.92 Å². The van der Waals surface area contributed by atoms with E-state index in [0.29, 0.717) is 5.71 Å². The third-order valence-electron chi connectivity index (χ3n) is 3.65. The van der Waals surface area contributed by atoms with Crippen LogP contribution in [0.2, 0.25) is 0 Å². The Bertz CT molecular complexity index is 610. The van der Waals surface area contributed by atoms with E-state index in [4.69, 9.17) is 5.11 Å². The summed E-state index contributed by atoms with van der Waals surface area (Å²) >= 11 is 0. The largest absolute Gasteiger partial charge is 0.480 e. The molecule has 0 radical (unpaired) electrons. The molecule has 4 N–H and O–H groups in total. The van der Waals surface area contributed by atoms with Crippen LogP contribution in [-0.2, 0) is 4.79 Å². The number of rotatable bonds is 4. The number of hydrogen-bond donors (Lipinski definition) is 4. The summed E-state index contributed by atoms with van der Waals surface area (Å²) in [7, 11) is 1.69. The third kappa shape index (κ3) is 2.92. The molecule has 0 aliphatic heterocycles. The normalized spacial score (nSPS) is 23.5. The third-order valence-corrected chi connectivity index (χ3v) is 3.65. The van der Waals surface area contributed by atoms with Crippen molar-refractivity contribution in [2.24, 2.45) is 4.99 Å². The van der Waals surface area contributed by atoms with E-state index in [1.807, 2.05) is 30.3 Å². The van der Waals surface area contributed by atoms with Crippen LogP contribution in [0, 0.1) is 0 Å². The highest BCUT2D eigenvalue weighted by molar-refractivity contribution is 6.31. The fourth-order valence-electron chi connectivity index (χ4n) is 2.34. The quantitative estimate of drug-likeness (QED) is 0.555. The molecule has 0 aromatic heterocycles. The minimum atomic E-state index is -1.41. The summed E-state index contributed by atoms with van der Waals surface area (Å²) < 4.78 is 1.63. The molecule has 1 aliphatic carbocycles. The van der Waals surface area contributed by atoms with Gasteiger partial charge in [-0.25, -0.2) is 4.79 Å². The van der Waals surface area contributed by atoms with Crippen LogP contribution >= 0.6 is 0 Å². The van der Waals surface area contributed by atoms with Crippen molar-refractivity contribution in [3.8, 4) is 0 Å². The molecule has 7 heteroatoms. The number of aliphatic hydroxyl groups excluding tert-OH is 3. The highest BCUT2D eigenvalue weighted by Crippen LogP contribution is 2.21. The van der Waals surface area contributed by atoms with Gasteiger partial charge in [-0.2, -0.15) is 4.58 Å². The van der Waals surface area contributed by atoms with Crippen LogP contribution in [0.3, 0.4) is 0 Å². The molecule has 0 heterocycles. The number of benzene rings is 1. The molecule has 7 nitrogen and oxygen atoms in total. The van der Waals surface area contributed by atoms with E-state index < -0.39 is 30.3 Å². The highest BCUT2D eigenvalue weighted by atomic mass is 16.4. The summed E-state index contributed by atoms with van der Waals surface area (Å²) in [6.07, 6.45) is -3.55. The van der Waals surface area contributed by atoms with E-state index in [-0.39, 0.29) is 5.71 Å². The second kappa shape index (κ2) is 6.35. The van der Waals surface area contributed by atoms with E-state index in [1.54, 1.807) is 11.6 Å². The van der Waals surface area contributed by atoms with Crippen LogP contribution in [-0.4, -0.2) is 73.8 Å². The number of carboxylic acids is 1. The molecule has 1 aliphatic rings. The number of carbonyl (C=O) groups is 1. The van der Waals surface area contributed by atoms with Gasteiger partial charge in [0.15, 0.2) is 18.2 Å². The van der Waals surface area contributed by atoms with Crippen LogP contribution in [0.25, 0.3) is 0 Å². The Hall–Kier alpha value is -2.09. The van der Waals surface area contributed by atoms with E-state index in [9.17, 15) is 20.1 Å². The highest BCUT2D eigenvalue weighted by Gasteiger charge is 2.50. The zero-order valence-corrected chi connectivity index (χ0v) is 12.3.